The molecule has 4 nitrogen and oxygen atoms in total. The first-order valence-electron chi connectivity index (χ1n) is 6.47. The number of anilines is 1. The van der Waals surface area contributed by atoms with Gasteiger partial charge in [-0.2, -0.15) is 0 Å². The minimum Gasteiger partial charge on any atom is -0.340 e. The van der Waals surface area contributed by atoms with E-state index in [0.717, 1.165) is 11.3 Å². The van der Waals surface area contributed by atoms with E-state index in [9.17, 15) is 9.59 Å². The maximum Gasteiger partial charge on any atom is 0.252 e. The van der Waals surface area contributed by atoms with Crippen molar-refractivity contribution in [3.8, 4) is 0 Å². The Morgan fingerprint density at radius 2 is 1.79 bits per heavy atom. The third-order valence-corrected chi connectivity index (χ3v) is 3.72. The molecule has 1 unspecified atom stereocenters. The van der Waals surface area contributed by atoms with E-state index in [4.69, 9.17) is 0 Å². The lowest BCUT2D eigenvalue weighted by molar-refractivity contribution is -0.136. The van der Waals surface area contributed by atoms with Crippen molar-refractivity contribution < 1.29 is 9.59 Å². The van der Waals surface area contributed by atoms with Crippen molar-refractivity contribution in [3.63, 3.8) is 0 Å². The molecule has 0 spiro atoms. The number of carbonyl (C=O) groups is 2. The molecule has 0 aromatic heterocycles. The van der Waals surface area contributed by atoms with E-state index in [2.05, 4.69) is 5.32 Å². The van der Waals surface area contributed by atoms with Crippen molar-refractivity contribution >= 4 is 17.5 Å². The number of piperazine rings is 1. The smallest absolute Gasteiger partial charge is 0.252 e. The molecule has 1 aliphatic heterocycles. The number of hydrogen-bond acceptors (Lipinski definition) is 2. The summed E-state index contributed by atoms with van der Waals surface area (Å²) in [6.45, 7) is 9.23. The van der Waals surface area contributed by atoms with Crippen molar-refractivity contribution in [3.05, 3.63) is 29.3 Å². The summed E-state index contributed by atoms with van der Waals surface area (Å²) in [7, 11) is 0. The highest BCUT2D eigenvalue weighted by Gasteiger charge is 2.44. The predicted octanol–water partition coefficient (Wildman–Crippen LogP) is 1.93. The molecule has 1 aromatic rings. The lowest BCUT2D eigenvalue weighted by Gasteiger charge is -2.41. The number of hydrogen-bond donors (Lipinski definition) is 1. The van der Waals surface area contributed by atoms with Crippen molar-refractivity contribution in [1.82, 2.24) is 5.32 Å². The zero-order chi connectivity index (χ0) is 14.4. The zero-order valence-corrected chi connectivity index (χ0v) is 12.1. The first-order valence-corrected chi connectivity index (χ1v) is 6.47. The van der Waals surface area contributed by atoms with Crippen LogP contribution in [0, 0.1) is 13.8 Å². The van der Waals surface area contributed by atoms with Crippen LogP contribution in [0.25, 0.3) is 0 Å². The first kappa shape index (κ1) is 13.6. The van der Waals surface area contributed by atoms with E-state index in [0.29, 0.717) is 0 Å². The van der Waals surface area contributed by atoms with Crippen LogP contribution in [0.1, 0.15) is 31.9 Å². The molecule has 1 N–H and O–H groups in total. The van der Waals surface area contributed by atoms with Gasteiger partial charge in [-0.25, -0.2) is 0 Å². The highest BCUT2D eigenvalue weighted by Crippen LogP contribution is 2.26. The fourth-order valence-corrected chi connectivity index (χ4v) is 2.28. The fraction of sp³-hybridized carbons (Fsp3) is 0.467. The molecule has 0 aliphatic carbocycles. The van der Waals surface area contributed by atoms with Crippen LogP contribution < -0.4 is 10.2 Å². The molecular formula is C15H20N2O2. The Morgan fingerprint density at radius 3 is 2.37 bits per heavy atom. The number of benzene rings is 1. The van der Waals surface area contributed by atoms with Gasteiger partial charge >= 0.3 is 0 Å². The topological polar surface area (TPSA) is 49.4 Å². The van der Waals surface area contributed by atoms with Gasteiger partial charge in [0, 0.05) is 5.69 Å². The van der Waals surface area contributed by atoms with Crippen LogP contribution in [0.3, 0.4) is 0 Å². The van der Waals surface area contributed by atoms with Gasteiger partial charge in [-0.15, -0.1) is 0 Å². The van der Waals surface area contributed by atoms with Crippen LogP contribution in [0.4, 0.5) is 5.69 Å². The lowest BCUT2D eigenvalue weighted by Crippen LogP contribution is -2.67. The van der Waals surface area contributed by atoms with Crippen LogP contribution in [0.2, 0.25) is 0 Å². The number of aryl methyl sites for hydroxylation is 2. The number of nitrogens with one attached hydrogen (secondary N) is 1. The predicted molar refractivity (Wildman–Crippen MR) is 75.1 cm³/mol. The van der Waals surface area contributed by atoms with Gasteiger partial charge < -0.3 is 5.32 Å². The minimum atomic E-state index is -0.859. The van der Waals surface area contributed by atoms with Gasteiger partial charge in [0.05, 0.1) is 0 Å². The molecule has 4 heteroatoms. The normalized spacial score (nSPS) is 22.4. The molecule has 1 aliphatic rings. The second-order valence-corrected chi connectivity index (χ2v) is 5.73. The zero-order valence-electron chi connectivity index (χ0n) is 12.1. The standard InChI is InChI=1S/C15H20N2O2/c1-9-6-7-12(8-10(9)2)17-11(3)13(18)16-15(4,5)14(17)19/h6-8,11H,1-5H3,(H,16,18). The highest BCUT2D eigenvalue weighted by molar-refractivity contribution is 6.10. The summed E-state index contributed by atoms with van der Waals surface area (Å²) in [5.41, 5.74) is 2.21. The highest BCUT2D eigenvalue weighted by atomic mass is 16.2. The van der Waals surface area contributed by atoms with Crippen molar-refractivity contribution in [2.45, 2.75) is 46.2 Å². The van der Waals surface area contributed by atoms with Crippen LogP contribution in [0.15, 0.2) is 18.2 Å². The minimum absolute atomic E-state index is 0.0807. The number of amides is 2. The fourth-order valence-electron chi connectivity index (χ4n) is 2.28. The number of nitrogens with zero attached hydrogens (tertiary/aromatic N) is 1. The third-order valence-electron chi connectivity index (χ3n) is 3.72. The van der Waals surface area contributed by atoms with E-state index in [1.54, 1.807) is 25.7 Å². The van der Waals surface area contributed by atoms with Gasteiger partial charge in [-0.1, -0.05) is 6.07 Å². The Bertz CT molecular complexity index is 549. The largest absolute Gasteiger partial charge is 0.340 e. The maximum atomic E-state index is 12.5. The Morgan fingerprint density at radius 1 is 1.16 bits per heavy atom. The van der Waals surface area contributed by atoms with Gasteiger partial charge in [-0.3, -0.25) is 14.5 Å². The molecule has 0 saturated carbocycles. The summed E-state index contributed by atoms with van der Waals surface area (Å²) in [5, 5.41) is 2.75. The Hall–Kier alpha value is -1.84. The van der Waals surface area contributed by atoms with E-state index in [1.165, 1.54) is 5.56 Å². The van der Waals surface area contributed by atoms with E-state index < -0.39 is 11.6 Å². The number of carbonyl (C=O) groups excluding carboxylic acids is 2. The molecule has 0 bridgehead atoms. The first-order chi connectivity index (χ1) is 8.74. The third kappa shape index (κ3) is 2.23. The lowest BCUT2D eigenvalue weighted by atomic mass is 9.96. The molecule has 2 rings (SSSR count). The summed E-state index contributed by atoms with van der Waals surface area (Å²) in [6, 6.07) is 5.34. The molecular weight excluding hydrogens is 240 g/mol. The van der Waals surface area contributed by atoms with Crippen LogP contribution in [0.5, 0.6) is 0 Å². The van der Waals surface area contributed by atoms with Gasteiger partial charge in [0.2, 0.25) is 5.91 Å². The number of rotatable bonds is 1. The second kappa shape index (κ2) is 4.37. The van der Waals surface area contributed by atoms with Crippen molar-refractivity contribution in [1.29, 1.82) is 0 Å². The molecule has 102 valence electrons. The van der Waals surface area contributed by atoms with Crippen LogP contribution >= 0.6 is 0 Å². The van der Waals surface area contributed by atoms with Gasteiger partial charge in [0.25, 0.3) is 5.91 Å². The average molecular weight is 260 g/mol. The van der Waals surface area contributed by atoms with Gasteiger partial charge in [0.1, 0.15) is 11.6 Å². The molecule has 1 saturated heterocycles. The maximum absolute atomic E-state index is 12.5. The molecule has 1 atom stereocenters. The van der Waals surface area contributed by atoms with Gasteiger partial charge in [-0.05, 0) is 57.9 Å². The van der Waals surface area contributed by atoms with Crippen molar-refractivity contribution in [2.24, 2.45) is 0 Å². The Labute approximate surface area is 113 Å². The van der Waals surface area contributed by atoms with E-state index in [-0.39, 0.29) is 11.8 Å². The molecule has 1 aromatic carbocycles. The quantitative estimate of drug-likeness (QED) is 0.839. The molecule has 19 heavy (non-hydrogen) atoms. The van der Waals surface area contributed by atoms with Crippen LogP contribution in [-0.2, 0) is 9.59 Å². The summed E-state index contributed by atoms with van der Waals surface area (Å²) >= 11 is 0. The van der Waals surface area contributed by atoms with E-state index in [1.807, 2.05) is 32.0 Å². The summed E-state index contributed by atoms with van der Waals surface area (Å²) in [6.07, 6.45) is 0. The van der Waals surface area contributed by atoms with Crippen molar-refractivity contribution in [2.75, 3.05) is 4.90 Å². The SMILES string of the molecule is Cc1ccc(N2C(=O)C(C)(C)NC(=O)C2C)cc1C. The molecule has 0 radical (unpaired) electrons. The molecule has 1 heterocycles. The summed E-state index contributed by atoms with van der Waals surface area (Å²) in [4.78, 5) is 26.1. The Balaban J connectivity index is 2.48. The van der Waals surface area contributed by atoms with Crippen LogP contribution in [-0.4, -0.2) is 23.4 Å². The van der Waals surface area contributed by atoms with E-state index >= 15 is 0 Å². The summed E-state index contributed by atoms with van der Waals surface area (Å²) in [5.74, 6) is -0.203. The molecule has 1 fully saturated rings. The summed E-state index contributed by atoms with van der Waals surface area (Å²) < 4.78 is 0. The van der Waals surface area contributed by atoms with Gasteiger partial charge in [0.15, 0.2) is 0 Å². The molecule has 2 amide bonds. The average Bonchev–Trinajstić information content (AvgIpc) is 2.31. The second-order valence-electron chi connectivity index (χ2n) is 5.73. The monoisotopic (exact) mass is 260 g/mol. The Kier molecular flexibility index (Phi) is 3.12.